The smallest absolute Gasteiger partial charge is 0.355 e. The van der Waals surface area contributed by atoms with E-state index in [-0.39, 0.29) is 18.4 Å². The van der Waals surface area contributed by atoms with Crippen molar-refractivity contribution in [3.05, 3.63) is 22.5 Å². The largest absolute Gasteiger partial charge is 0.461 e. The summed E-state index contributed by atoms with van der Waals surface area (Å²) in [6, 6.07) is 0. The molecule has 1 saturated heterocycles. The van der Waals surface area contributed by atoms with Crippen LogP contribution in [0.15, 0.2) is 0 Å². The van der Waals surface area contributed by atoms with Crippen molar-refractivity contribution in [1.82, 2.24) is 9.29 Å². The van der Waals surface area contributed by atoms with Gasteiger partial charge in [0, 0.05) is 25.4 Å². The van der Waals surface area contributed by atoms with Gasteiger partial charge in [0.15, 0.2) is 0 Å². The molecule has 1 aromatic rings. The van der Waals surface area contributed by atoms with Crippen LogP contribution < -0.4 is 0 Å². The highest BCUT2D eigenvalue weighted by molar-refractivity contribution is 7.89. The van der Waals surface area contributed by atoms with Crippen molar-refractivity contribution in [2.24, 2.45) is 0 Å². The van der Waals surface area contributed by atoms with Crippen LogP contribution >= 0.6 is 0 Å². The third-order valence-electron chi connectivity index (χ3n) is 4.60. The first-order valence-electron chi connectivity index (χ1n) is 8.74. The monoisotopic (exact) mass is 372 g/mol. The van der Waals surface area contributed by atoms with Gasteiger partial charge in [-0.25, -0.2) is 13.2 Å². The zero-order chi connectivity index (χ0) is 18.6. The third kappa shape index (κ3) is 4.62. The van der Waals surface area contributed by atoms with E-state index in [9.17, 15) is 13.2 Å². The van der Waals surface area contributed by atoms with Gasteiger partial charge in [-0.1, -0.05) is 0 Å². The third-order valence-corrected chi connectivity index (χ3v) is 6.39. The number of rotatable bonds is 8. The summed E-state index contributed by atoms with van der Waals surface area (Å²) in [5.41, 5.74) is 2.72. The minimum absolute atomic E-state index is 0.0347. The molecular formula is C17H28N2O5S. The van der Waals surface area contributed by atoms with Crippen LogP contribution in [-0.4, -0.2) is 55.3 Å². The highest BCUT2D eigenvalue weighted by atomic mass is 32.2. The standard InChI is InChI=1S/C17H28N2O5S/c1-5-23-17(20)16-12(3)15(13(4)18-16)11-19(25(21,22)6-2)10-14-8-7-9-24-14/h14,18H,5-11H2,1-4H3. The molecule has 0 amide bonds. The summed E-state index contributed by atoms with van der Waals surface area (Å²) in [7, 11) is -3.38. The number of esters is 1. The van der Waals surface area contributed by atoms with Crippen molar-refractivity contribution >= 4 is 16.0 Å². The quantitative estimate of drug-likeness (QED) is 0.706. The van der Waals surface area contributed by atoms with E-state index in [1.165, 1.54) is 4.31 Å². The molecule has 1 atom stereocenters. The zero-order valence-electron chi connectivity index (χ0n) is 15.4. The Bertz CT molecular complexity index is 705. The minimum atomic E-state index is -3.38. The summed E-state index contributed by atoms with van der Waals surface area (Å²) in [5, 5.41) is 0. The molecule has 0 spiro atoms. The van der Waals surface area contributed by atoms with Crippen molar-refractivity contribution in [3.8, 4) is 0 Å². The predicted octanol–water partition coefficient (Wildman–Crippen LogP) is 2.14. The van der Waals surface area contributed by atoms with E-state index in [2.05, 4.69) is 4.98 Å². The van der Waals surface area contributed by atoms with E-state index >= 15 is 0 Å². The van der Waals surface area contributed by atoms with Crippen molar-refractivity contribution in [3.63, 3.8) is 0 Å². The molecule has 0 radical (unpaired) electrons. The van der Waals surface area contributed by atoms with E-state index < -0.39 is 16.0 Å². The van der Waals surface area contributed by atoms with E-state index in [0.717, 1.165) is 29.7 Å². The van der Waals surface area contributed by atoms with Crippen LogP contribution in [0.1, 0.15) is 54.0 Å². The Morgan fingerprint density at radius 2 is 2.08 bits per heavy atom. The Morgan fingerprint density at radius 3 is 2.64 bits per heavy atom. The number of carbonyl (C=O) groups is 1. The molecule has 2 rings (SSSR count). The fourth-order valence-electron chi connectivity index (χ4n) is 3.08. The van der Waals surface area contributed by atoms with Gasteiger partial charge in [-0.3, -0.25) is 0 Å². The van der Waals surface area contributed by atoms with E-state index in [0.29, 0.717) is 25.5 Å². The molecule has 1 fully saturated rings. The maximum atomic E-state index is 12.5. The summed E-state index contributed by atoms with van der Waals surface area (Å²) in [4.78, 5) is 15.1. The van der Waals surface area contributed by atoms with Gasteiger partial charge in [-0.05, 0) is 51.7 Å². The number of nitrogens with one attached hydrogen (secondary N) is 1. The summed E-state index contributed by atoms with van der Waals surface area (Å²) in [5.74, 6) is -0.383. The molecule has 0 aromatic carbocycles. The molecule has 0 aliphatic carbocycles. The van der Waals surface area contributed by atoms with Gasteiger partial charge in [0.1, 0.15) is 5.69 Å². The van der Waals surface area contributed by atoms with Crippen LogP contribution in [0.5, 0.6) is 0 Å². The van der Waals surface area contributed by atoms with Crippen molar-refractivity contribution in [2.75, 3.05) is 25.5 Å². The Morgan fingerprint density at radius 1 is 1.36 bits per heavy atom. The molecule has 1 unspecified atom stereocenters. The van der Waals surface area contributed by atoms with Crippen LogP contribution in [0.25, 0.3) is 0 Å². The lowest BCUT2D eigenvalue weighted by Gasteiger charge is -2.24. The van der Waals surface area contributed by atoms with Crippen molar-refractivity contribution < 1.29 is 22.7 Å². The number of aryl methyl sites for hydroxylation is 1. The summed E-state index contributed by atoms with van der Waals surface area (Å²) < 4.78 is 37.2. The lowest BCUT2D eigenvalue weighted by molar-refractivity contribution is 0.0519. The normalized spacial score (nSPS) is 18.0. The molecule has 142 valence electrons. The molecule has 2 heterocycles. The van der Waals surface area contributed by atoms with Crippen LogP contribution in [-0.2, 0) is 26.0 Å². The Hall–Kier alpha value is -1.38. The summed E-state index contributed by atoms with van der Waals surface area (Å²) >= 11 is 0. The number of nitrogens with zero attached hydrogens (tertiary/aromatic N) is 1. The fourth-order valence-corrected chi connectivity index (χ4v) is 4.17. The van der Waals surface area contributed by atoms with Crippen LogP contribution in [0.2, 0.25) is 0 Å². The Labute approximate surface area is 149 Å². The topological polar surface area (TPSA) is 88.7 Å². The Kier molecular flexibility index (Phi) is 6.65. The van der Waals surface area contributed by atoms with Crippen LogP contribution in [0.3, 0.4) is 0 Å². The number of carbonyl (C=O) groups excluding carboxylic acids is 1. The zero-order valence-corrected chi connectivity index (χ0v) is 16.2. The van der Waals surface area contributed by atoms with Crippen LogP contribution in [0.4, 0.5) is 0 Å². The lowest BCUT2D eigenvalue weighted by atomic mass is 10.1. The average Bonchev–Trinajstić information content (AvgIpc) is 3.17. The molecular weight excluding hydrogens is 344 g/mol. The lowest BCUT2D eigenvalue weighted by Crippen LogP contribution is -2.38. The van der Waals surface area contributed by atoms with Gasteiger partial charge in [0.05, 0.1) is 18.5 Å². The predicted molar refractivity (Wildman–Crippen MR) is 95.1 cm³/mol. The van der Waals surface area contributed by atoms with Gasteiger partial charge in [0.25, 0.3) is 0 Å². The van der Waals surface area contributed by atoms with Gasteiger partial charge in [0.2, 0.25) is 10.0 Å². The van der Waals surface area contributed by atoms with E-state index in [1.807, 2.05) is 13.8 Å². The average molecular weight is 372 g/mol. The number of H-pyrrole nitrogens is 1. The first kappa shape index (κ1) is 19.9. The highest BCUT2D eigenvalue weighted by Crippen LogP contribution is 2.24. The maximum Gasteiger partial charge on any atom is 0.355 e. The SMILES string of the molecule is CCOC(=O)c1[nH]c(C)c(CN(CC2CCCO2)S(=O)(=O)CC)c1C. The van der Waals surface area contributed by atoms with Gasteiger partial charge < -0.3 is 14.5 Å². The van der Waals surface area contributed by atoms with Crippen molar-refractivity contribution in [2.45, 2.75) is 53.2 Å². The maximum absolute atomic E-state index is 12.5. The Balaban J connectivity index is 2.27. The summed E-state index contributed by atoms with van der Waals surface area (Å²) in [6.45, 7) is 8.58. The second-order valence-electron chi connectivity index (χ2n) is 6.28. The number of hydrogen-bond acceptors (Lipinski definition) is 5. The van der Waals surface area contributed by atoms with Gasteiger partial charge in [-0.15, -0.1) is 0 Å². The van der Waals surface area contributed by atoms with E-state index in [1.54, 1.807) is 13.8 Å². The summed E-state index contributed by atoms with van der Waals surface area (Å²) in [6.07, 6.45) is 1.76. The highest BCUT2D eigenvalue weighted by Gasteiger charge is 2.29. The molecule has 7 nitrogen and oxygen atoms in total. The second kappa shape index (κ2) is 8.33. The number of hydrogen-bond donors (Lipinski definition) is 1. The van der Waals surface area contributed by atoms with Crippen molar-refractivity contribution in [1.29, 1.82) is 0 Å². The number of ether oxygens (including phenoxy) is 2. The molecule has 0 saturated carbocycles. The first-order valence-corrected chi connectivity index (χ1v) is 10.4. The van der Waals surface area contributed by atoms with E-state index in [4.69, 9.17) is 9.47 Å². The second-order valence-corrected chi connectivity index (χ2v) is 8.53. The molecule has 1 aliphatic rings. The number of aromatic nitrogens is 1. The number of aromatic amines is 1. The molecule has 25 heavy (non-hydrogen) atoms. The molecule has 1 aliphatic heterocycles. The molecule has 1 aromatic heterocycles. The minimum Gasteiger partial charge on any atom is -0.461 e. The van der Waals surface area contributed by atoms with Crippen LogP contribution in [0, 0.1) is 13.8 Å². The fraction of sp³-hybridized carbons (Fsp3) is 0.706. The van der Waals surface area contributed by atoms with Gasteiger partial charge in [-0.2, -0.15) is 4.31 Å². The molecule has 1 N–H and O–H groups in total. The number of sulfonamides is 1. The molecule has 8 heteroatoms. The molecule has 0 bridgehead atoms. The van der Waals surface area contributed by atoms with Gasteiger partial charge >= 0.3 is 5.97 Å². The first-order chi connectivity index (χ1) is 11.8.